The van der Waals surface area contributed by atoms with Gasteiger partial charge in [-0.3, -0.25) is 0 Å². The summed E-state index contributed by atoms with van der Waals surface area (Å²) in [6.45, 7) is 3.59. The molecule has 3 nitrogen and oxygen atoms in total. The number of methoxy groups -OCH3 is 1. The average Bonchev–Trinajstić information content (AvgIpc) is 2.77. The molecule has 98 valence electrons. The van der Waals surface area contributed by atoms with Crippen LogP contribution in [0.1, 0.15) is 17.7 Å². The van der Waals surface area contributed by atoms with Crippen LogP contribution in [0.4, 0.5) is 0 Å². The van der Waals surface area contributed by atoms with Crippen molar-refractivity contribution in [2.24, 2.45) is 0 Å². The van der Waals surface area contributed by atoms with Crippen LogP contribution in [0.25, 0.3) is 11.3 Å². The zero-order valence-corrected chi connectivity index (χ0v) is 11.4. The molecule has 0 N–H and O–H groups in total. The minimum atomic E-state index is 0.730. The Morgan fingerprint density at radius 2 is 2.00 bits per heavy atom. The number of nitrogens with zero attached hydrogens (tertiary/aromatic N) is 2. The molecule has 0 spiro atoms. The maximum Gasteiger partial charge on any atom is 0.101 e. The molecule has 1 heterocycles. The van der Waals surface area contributed by atoms with E-state index >= 15 is 0 Å². The number of hydrogen-bond acceptors (Lipinski definition) is 2. The molecule has 2 rings (SSSR count). The second-order valence-corrected chi connectivity index (χ2v) is 4.50. The minimum Gasteiger partial charge on any atom is -0.385 e. The number of benzene rings is 1. The van der Waals surface area contributed by atoms with Crippen molar-refractivity contribution < 1.29 is 4.74 Å². The Balaban J connectivity index is 2.39. The topological polar surface area (TPSA) is 38.0 Å². The van der Waals surface area contributed by atoms with Gasteiger partial charge < -0.3 is 9.30 Å². The van der Waals surface area contributed by atoms with Crippen LogP contribution >= 0.6 is 0 Å². The van der Waals surface area contributed by atoms with Crippen molar-refractivity contribution in [3.05, 3.63) is 47.7 Å². The highest BCUT2D eigenvalue weighted by atomic mass is 16.5. The van der Waals surface area contributed by atoms with Gasteiger partial charge in [0.15, 0.2) is 0 Å². The second-order valence-electron chi connectivity index (χ2n) is 4.50. The Morgan fingerprint density at radius 3 is 2.63 bits per heavy atom. The average molecular weight is 254 g/mol. The van der Waals surface area contributed by atoms with E-state index in [1.54, 1.807) is 7.11 Å². The van der Waals surface area contributed by atoms with Crippen LogP contribution in [-0.2, 0) is 11.3 Å². The fourth-order valence-corrected chi connectivity index (χ4v) is 2.26. The molecular formula is C16H18N2O. The Hall–Kier alpha value is -2.05. The fourth-order valence-electron chi connectivity index (χ4n) is 2.26. The third-order valence-corrected chi connectivity index (χ3v) is 3.29. The maximum atomic E-state index is 9.19. The first kappa shape index (κ1) is 13.4. The minimum absolute atomic E-state index is 0.730. The molecule has 0 aliphatic rings. The Labute approximate surface area is 114 Å². The lowest BCUT2D eigenvalue weighted by atomic mass is 10.1. The van der Waals surface area contributed by atoms with Crippen LogP contribution in [0.15, 0.2) is 36.4 Å². The molecule has 0 unspecified atom stereocenters. The summed E-state index contributed by atoms with van der Waals surface area (Å²) in [5.74, 6) is 0. The Bertz CT molecular complexity index is 579. The smallest absolute Gasteiger partial charge is 0.101 e. The van der Waals surface area contributed by atoms with E-state index in [1.165, 1.54) is 0 Å². The molecule has 0 saturated heterocycles. The summed E-state index contributed by atoms with van der Waals surface area (Å²) in [5.41, 5.74) is 4.02. The van der Waals surface area contributed by atoms with E-state index in [9.17, 15) is 5.26 Å². The molecule has 0 aliphatic heterocycles. The molecule has 0 radical (unpaired) electrons. The summed E-state index contributed by atoms with van der Waals surface area (Å²) in [6, 6.07) is 14.4. The third-order valence-electron chi connectivity index (χ3n) is 3.29. The van der Waals surface area contributed by atoms with E-state index in [0.717, 1.165) is 42.1 Å². The SMILES string of the molecule is COCCCn1c(-c2ccccc2)cc(C#N)c1C. The largest absolute Gasteiger partial charge is 0.385 e. The number of nitriles is 1. The molecule has 19 heavy (non-hydrogen) atoms. The van der Waals surface area contributed by atoms with Crippen LogP contribution in [0.5, 0.6) is 0 Å². The predicted octanol–water partition coefficient (Wildman–Crippen LogP) is 3.37. The summed E-state index contributed by atoms with van der Waals surface area (Å²) in [7, 11) is 1.71. The van der Waals surface area contributed by atoms with Gasteiger partial charge in [0.1, 0.15) is 6.07 Å². The molecule has 3 heteroatoms. The van der Waals surface area contributed by atoms with Crippen LogP contribution < -0.4 is 0 Å². The van der Waals surface area contributed by atoms with Crippen LogP contribution in [-0.4, -0.2) is 18.3 Å². The van der Waals surface area contributed by atoms with Gasteiger partial charge in [-0.15, -0.1) is 0 Å². The zero-order valence-electron chi connectivity index (χ0n) is 11.4. The van der Waals surface area contributed by atoms with Crippen molar-refractivity contribution >= 4 is 0 Å². The molecular weight excluding hydrogens is 236 g/mol. The van der Waals surface area contributed by atoms with Gasteiger partial charge in [-0.2, -0.15) is 5.26 Å². The first-order valence-electron chi connectivity index (χ1n) is 6.42. The van der Waals surface area contributed by atoms with Gasteiger partial charge in [-0.05, 0) is 25.0 Å². The van der Waals surface area contributed by atoms with Gasteiger partial charge in [0.05, 0.1) is 5.56 Å². The van der Waals surface area contributed by atoms with Crippen LogP contribution in [0.2, 0.25) is 0 Å². The summed E-state index contributed by atoms with van der Waals surface area (Å²) >= 11 is 0. The van der Waals surface area contributed by atoms with E-state index in [4.69, 9.17) is 4.74 Å². The van der Waals surface area contributed by atoms with Crippen molar-refractivity contribution in [3.63, 3.8) is 0 Å². The van der Waals surface area contributed by atoms with Gasteiger partial charge in [0.2, 0.25) is 0 Å². The molecule has 0 saturated carbocycles. The number of rotatable bonds is 5. The number of ether oxygens (including phenoxy) is 1. The Kier molecular flexibility index (Phi) is 4.38. The molecule has 2 aromatic rings. The molecule has 0 aliphatic carbocycles. The van der Waals surface area contributed by atoms with Crippen molar-refractivity contribution in [3.8, 4) is 17.3 Å². The van der Waals surface area contributed by atoms with E-state index in [0.29, 0.717) is 0 Å². The highest BCUT2D eigenvalue weighted by Gasteiger charge is 2.12. The zero-order chi connectivity index (χ0) is 13.7. The Morgan fingerprint density at radius 1 is 1.26 bits per heavy atom. The summed E-state index contributed by atoms with van der Waals surface area (Å²) in [4.78, 5) is 0. The summed E-state index contributed by atoms with van der Waals surface area (Å²) in [6.07, 6.45) is 0.941. The predicted molar refractivity (Wildman–Crippen MR) is 75.8 cm³/mol. The highest BCUT2D eigenvalue weighted by molar-refractivity contribution is 5.64. The quantitative estimate of drug-likeness (QED) is 0.767. The molecule has 1 aromatic heterocycles. The lowest BCUT2D eigenvalue weighted by Crippen LogP contribution is -2.05. The van der Waals surface area contributed by atoms with E-state index < -0.39 is 0 Å². The first-order chi connectivity index (χ1) is 9.27. The van der Waals surface area contributed by atoms with Gasteiger partial charge in [0, 0.05) is 31.6 Å². The van der Waals surface area contributed by atoms with Gasteiger partial charge >= 0.3 is 0 Å². The van der Waals surface area contributed by atoms with Crippen molar-refractivity contribution in [2.45, 2.75) is 19.9 Å². The van der Waals surface area contributed by atoms with E-state index in [1.807, 2.05) is 31.2 Å². The molecule has 1 aromatic carbocycles. The fraction of sp³-hybridized carbons (Fsp3) is 0.312. The molecule has 0 bridgehead atoms. The summed E-state index contributed by atoms with van der Waals surface area (Å²) < 4.78 is 7.31. The lowest BCUT2D eigenvalue weighted by Gasteiger charge is -2.11. The molecule has 0 atom stereocenters. The second kappa shape index (κ2) is 6.21. The van der Waals surface area contributed by atoms with Crippen LogP contribution in [0, 0.1) is 18.3 Å². The van der Waals surface area contributed by atoms with Crippen molar-refractivity contribution in [1.29, 1.82) is 5.26 Å². The van der Waals surface area contributed by atoms with Crippen molar-refractivity contribution in [1.82, 2.24) is 4.57 Å². The standard InChI is InChI=1S/C16H18N2O/c1-13-15(12-17)11-16(14-7-4-3-5-8-14)18(13)9-6-10-19-2/h3-5,7-8,11H,6,9-10H2,1-2H3. The first-order valence-corrected chi connectivity index (χ1v) is 6.42. The van der Waals surface area contributed by atoms with Gasteiger partial charge in [-0.25, -0.2) is 0 Å². The number of aromatic nitrogens is 1. The van der Waals surface area contributed by atoms with Crippen molar-refractivity contribution in [2.75, 3.05) is 13.7 Å². The van der Waals surface area contributed by atoms with Crippen LogP contribution in [0.3, 0.4) is 0 Å². The third kappa shape index (κ3) is 2.86. The van der Waals surface area contributed by atoms with Gasteiger partial charge in [0.25, 0.3) is 0 Å². The monoisotopic (exact) mass is 254 g/mol. The lowest BCUT2D eigenvalue weighted by molar-refractivity contribution is 0.190. The van der Waals surface area contributed by atoms with Gasteiger partial charge in [-0.1, -0.05) is 30.3 Å². The molecule has 0 fully saturated rings. The summed E-state index contributed by atoms with van der Waals surface area (Å²) in [5, 5.41) is 9.19. The van der Waals surface area contributed by atoms with E-state index in [2.05, 4.69) is 22.8 Å². The molecule has 0 amide bonds. The highest BCUT2D eigenvalue weighted by Crippen LogP contribution is 2.25. The van der Waals surface area contributed by atoms with E-state index in [-0.39, 0.29) is 0 Å². The normalized spacial score (nSPS) is 10.4. The maximum absolute atomic E-state index is 9.19. The number of hydrogen-bond donors (Lipinski definition) is 0.